The Morgan fingerprint density at radius 2 is 1.96 bits per heavy atom. The number of carbonyl (C=O) groups is 2. The fraction of sp³-hybridized carbons (Fsp3) is 0.111. The van der Waals surface area contributed by atoms with Crippen LogP contribution in [0.15, 0.2) is 59.1 Å². The van der Waals surface area contributed by atoms with Crippen LogP contribution in [0.5, 0.6) is 0 Å². The molecule has 0 atom stereocenters. The number of benzene rings is 1. The Bertz CT molecular complexity index is 887. The summed E-state index contributed by atoms with van der Waals surface area (Å²) in [4.78, 5) is 27.6. The third-order valence-corrected chi connectivity index (χ3v) is 4.42. The van der Waals surface area contributed by atoms with Crippen molar-refractivity contribution in [2.75, 3.05) is 0 Å². The van der Waals surface area contributed by atoms with Crippen LogP contribution in [0, 0.1) is 0 Å². The van der Waals surface area contributed by atoms with Crippen LogP contribution in [-0.2, 0) is 4.79 Å². The summed E-state index contributed by atoms with van der Waals surface area (Å²) < 4.78 is 1.17. The molecule has 0 saturated heterocycles. The Morgan fingerprint density at radius 1 is 1.12 bits per heavy atom. The van der Waals surface area contributed by atoms with Gasteiger partial charge in [0.1, 0.15) is 5.69 Å². The molecule has 0 aliphatic carbocycles. The van der Waals surface area contributed by atoms with E-state index in [4.69, 9.17) is 0 Å². The molecule has 2 aromatic heterocycles. The summed E-state index contributed by atoms with van der Waals surface area (Å²) in [6.45, 7) is 0. The number of pyridine rings is 1. The molecule has 3 rings (SSSR count). The van der Waals surface area contributed by atoms with Gasteiger partial charge in [0.2, 0.25) is 5.91 Å². The van der Waals surface area contributed by atoms with Gasteiger partial charge in [-0.15, -0.1) is 11.3 Å². The monoisotopic (exact) mass is 337 g/mol. The van der Waals surface area contributed by atoms with Crippen molar-refractivity contribution in [3.63, 3.8) is 0 Å². The summed E-state index contributed by atoms with van der Waals surface area (Å²) >= 11 is 1.63. The molecule has 1 amide bonds. The van der Waals surface area contributed by atoms with Crippen molar-refractivity contribution in [3.8, 4) is 0 Å². The van der Waals surface area contributed by atoms with E-state index in [2.05, 4.69) is 15.5 Å². The molecule has 2 heterocycles. The minimum atomic E-state index is -0.296. The molecular formula is C18H15N3O2S. The number of carbonyl (C=O) groups excluding carboxylic acids is 2. The highest BCUT2D eigenvalue weighted by Gasteiger charge is 2.09. The minimum Gasteiger partial charge on any atom is -0.292 e. The third kappa shape index (κ3) is 3.91. The summed E-state index contributed by atoms with van der Waals surface area (Å²) in [6, 6.07) is 13.1. The van der Waals surface area contributed by atoms with Crippen LogP contribution >= 0.6 is 11.3 Å². The number of nitrogens with zero attached hydrogens (tertiary/aromatic N) is 2. The van der Waals surface area contributed by atoms with E-state index in [-0.39, 0.29) is 24.5 Å². The van der Waals surface area contributed by atoms with Gasteiger partial charge >= 0.3 is 0 Å². The molecule has 3 aromatic rings. The maximum atomic E-state index is 11.9. The molecule has 1 aromatic carbocycles. The number of hydrogen-bond donors (Lipinski definition) is 1. The lowest BCUT2D eigenvalue weighted by atomic mass is 10.1. The van der Waals surface area contributed by atoms with E-state index in [1.165, 1.54) is 4.70 Å². The van der Waals surface area contributed by atoms with Crippen molar-refractivity contribution in [1.82, 2.24) is 10.4 Å². The molecule has 0 unspecified atom stereocenters. The van der Waals surface area contributed by atoms with Crippen LogP contribution in [0.2, 0.25) is 0 Å². The Morgan fingerprint density at radius 3 is 2.79 bits per heavy atom. The van der Waals surface area contributed by atoms with Crippen molar-refractivity contribution in [2.45, 2.75) is 12.8 Å². The molecule has 0 radical (unpaired) electrons. The first kappa shape index (κ1) is 16.0. The average molecular weight is 337 g/mol. The quantitative estimate of drug-likeness (QED) is 0.426. The van der Waals surface area contributed by atoms with Gasteiger partial charge in [-0.25, -0.2) is 5.43 Å². The summed E-state index contributed by atoms with van der Waals surface area (Å²) in [5.74, 6) is -0.450. The Balaban J connectivity index is 1.51. The minimum absolute atomic E-state index is 0.0805. The van der Waals surface area contributed by atoms with Crippen LogP contribution in [-0.4, -0.2) is 22.9 Å². The number of hydrazone groups is 1. The zero-order valence-corrected chi connectivity index (χ0v) is 13.6. The number of rotatable bonds is 6. The molecule has 0 aliphatic rings. The smallest absolute Gasteiger partial charge is 0.240 e. The molecule has 0 saturated carbocycles. The van der Waals surface area contributed by atoms with Gasteiger partial charge in [0.15, 0.2) is 5.78 Å². The zero-order chi connectivity index (χ0) is 16.8. The highest BCUT2D eigenvalue weighted by Crippen LogP contribution is 2.24. The summed E-state index contributed by atoms with van der Waals surface area (Å²) in [5, 5.41) is 7.06. The summed E-state index contributed by atoms with van der Waals surface area (Å²) in [7, 11) is 0. The highest BCUT2D eigenvalue weighted by atomic mass is 32.1. The topological polar surface area (TPSA) is 71.4 Å². The van der Waals surface area contributed by atoms with Crippen LogP contribution in [0.4, 0.5) is 0 Å². The van der Waals surface area contributed by atoms with Crippen molar-refractivity contribution < 1.29 is 9.59 Å². The molecule has 24 heavy (non-hydrogen) atoms. The SMILES string of the molecule is O=C(CCC(=O)c1ccccn1)N/N=C/c1csc2ccccc12. The lowest BCUT2D eigenvalue weighted by Gasteiger charge is -2.00. The van der Waals surface area contributed by atoms with Crippen molar-refractivity contribution in [3.05, 3.63) is 65.3 Å². The van der Waals surface area contributed by atoms with Gasteiger partial charge in [0.25, 0.3) is 0 Å². The second-order valence-corrected chi connectivity index (χ2v) is 6.03. The lowest BCUT2D eigenvalue weighted by Crippen LogP contribution is -2.18. The normalized spacial score (nSPS) is 11.0. The van der Waals surface area contributed by atoms with Crippen LogP contribution in [0.3, 0.4) is 0 Å². The van der Waals surface area contributed by atoms with Gasteiger partial charge in [-0.2, -0.15) is 5.10 Å². The number of fused-ring (bicyclic) bond motifs is 1. The zero-order valence-electron chi connectivity index (χ0n) is 12.8. The highest BCUT2D eigenvalue weighted by molar-refractivity contribution is 7.17. The van der Waals surface area contributed by atoms with Gasteiger partial charge < -0.3 is 0 Å². The maximum absolute atomic E-state index is 11.9. The largest absolute Gasteiger partial charge is 0.292 e. The van der Waals surface area contributed by atoms with Crippen molar-refractivity contribution in [1.29, 1.82) is 0 Å². The Hall–Kier alpha value is -2.86. The first-order valence-corrected chi connectivity index (χ1v) is 8.34. The number of hydrogen-bond acceptors (Lipinski definition) is 5. The first-order valence-electron chi connectivity index (χ1n) is 7.46. The van der Waals surface area contributed by atoms with Crippen LogP contribution < -0.4 is 5.43 Å². The summed E-state index contributed by atoms with van der Waals surface area (Å²) in [5.41, 5.74) is 3.79. The lowest BCUT2D eigenvalue weighted by molar-refractivity contribution is -0.121. The fourth-order valence-electron chi connectivity index (χ4n) is 2.21. The van der Waals surface area contributed by atoms with E-state index in [9.17, 15) is 9.59 Å². The molecule has 0 bridgehead atoms. The van der Waals surface area contributed by atoms with E-state index >= 15 is 0 Å². The van der Waals surface area contributed by atoms with Gasteiger partial charge in [0.05, 0.1) is 6.21 Å². The number of ketones is 1. The summed E-state index contributed by atoms with van der Waals surface area (Å²) in [6.07, 6.45) is 3.37. The van der Waals surface area contributed by atoms with Gasteiger partial charge in [-0.1, -0.05) is 24.3 Å². The van der Waals surface area contributed by atoms with Crippen molar-refractivity contribution >= 4 is 39.3 Å². The molecule has 5 nitrogen and oxygen atoms in total. The molecular weight excluding hydrogens is 322 g/mol. The van der Waals surface area contributed by atoms with Crippen LogP contribution in [0.25, 0.3) is 10.1 Å². The van der Waals surface area contributed by atoms with E-state index in [1.807, 2.05) is 29.6 Å². The van der Waals surface area contributed by atoms with Gasteiger partial charge in [-0.3, -0.25) is 14.6 Å². The number of thiophene rings is 1. The number of Topliss-reactive ketones (excluding diaryl/α,β-unsaturated/α-hetero) is 1. The predicted molar refractivity (Wildman–Crippen MR) is 95.4 cm³/mol. The standard InChI is InChI=1S/C18H15N3O2S/c22-16(15-6-3-4-10-19-15)8-9-18(23)21-20-11-13-12-24-17-7-2-1-5-14(13)17/h1-7,10-12H,8-9H2,(H,21,23)/b20-11+. The number of amides is 1. The molecule has 0 aliphatic heterocycles. The molecule has 1 N–H and O–H groups in total. The third-order valence-electron chi connectivity index (χ3n) is 3.43. The molecule has 0 spiro atoms. The average Bonchev–Trinajstić information content (AvgIpc) is 3.04. The molecule has 6 heteroatoms. The van der Waals surface area contributed by atoms with E-state index in [0.29, 0.717) is 5.69 Å². The van der Waals surface area contributed by atoms with E-state index < -0.39 is 0 Å². The second-order valence-electron chi connectivity index (χ2n) is 5.12. The van der Waals surface area contributed by atoms with Gasteiger partial charge in [-0.05, 0) is 18.2 Å². The van der Waals surface area contributed by atoms with Crippen molar-refractivity contribution in [2.24, 2.45) is 5.10 Å². The fourth-order valence-corrected chi connectivity index (χ4v) is 3.12. The van der Waals surface area contributed by atoms with E-state index in [1.54, 1.807) is 41.9 Å². The maximum Gasteiger partial charge on any atom is 0.240 e. The Labute approximate surface area is 143 Å². The molecule has 120 valence electrons. The first-order chi connectivity index (χ1) is 11.7. The number of nitrogens with one attached hydrogen (secondary N) is 1. The van der Waals surface area contributed by atoms with Crippen LogP contribution in [0.1, 0.15) is 28.9 Å². The van der Waals surface area contributed by atoms with E-state index in [0.717, 1.165) is 10.9 Å². The van der Waals surface area contributed by atoms with Gasteiger partial charge in [0, 0.05) is 40.1 Å². The second kappa shape index (κ2) is 7.61. The predicted octanol–water partition coefficient (Wildman–Crippen LogP) is 3.41. The Kier molecular flexibility index (Phi) is 5.08. The number of aromatic nitrogens is 1. The molecule has 0 fully saturated rings.